The quantitative estimate of drug-likeness (QED) is 0.642. The fourth-order valence-electron chi connectivity index (χ4n) is 2.06. The number of hydrogen-bond donors (Lipinski definition) is 1. The average molecular weight is 360 g/mol. The van der Waals surface area contributed by atoms with Crippen LogP contribution in [0.4, 0.5) is 15.3 Å². The van der Waals surface area contributed by atoms with E-state index in [0.717, 1.165) is 17.6 Å². The predicted octanol–water partition coefficient (Wildman–Crippen LogP) is 3.11. The Balaban J connectivity index is 2.05. The molecule has 0 spiro atoms. The fourth-order valence-corrected chi connectivity index (χ4v) is 2.06. The van der Waals surface area contributed by atoms with Crippen LogP contribution in [0.25, 0.3) is 0 Å². The first-order valence-electron chi connectivity index (χ1n) is 7.50. The Hall–Kier alpha value is -3.62. The van der Waals surface area contributed by atoms with Crippen LogP contribution >= 0.6 is 0 Å². The molecular weight excluding hydrogens is 344 g/mol. The molecule has 0 saturated heterocycles. The molecule has 2 aromatic rings. The van der Waals surface area contributed by atoms with Gasteiger partial charge in [0.15, 0.2) is 0 Å². The smallest absolute Gasteiger partial charge is 0.424 e. The third-order valence-corrected chi connectivity index (χ3v) is 3.43. The van der Waals surface area contributed by atoms with Gasteiger partial charge in [0.1, 0.15) is 11.5 Å². The first-order chi connectivity index (χ1) is 12.4. The molecule has 2 amide bonds. The minimum atomic E-state index is -0.968. The maximum atomic E-state index is 12.2. The Morgan fingerprint density at radius 3 is 2.23 bits per heavy atom. The van der Waals surface area contributed by atoms with Gasteiger partial charge in [-0.1, -0.05) is 12.1 Å². The SMILES string of the molecule is COC(=O)N(CCc1ccc(O)cc1)C(=O)Oc1ccc([N+](=O)[O-])cc1. The summed E-state index contributed by atoms with van der Waals surface area (Å²) in [6, 6.07) is 11.2. The highest BCUT2D eigenvalue weighted by Gasteiger charge is 2.24. The summed E-state index contributed by atoms with van der Waals surface area (Å²) in [4.78, 5) is 34.9. The molecule has 0 aromatic heterocycles. The van der Waals surface area contributed by atoms with Crippen LogP contribution in [0.2, 0.25) is 0 Å². The Labute approximate surface area is 148 Å². The van der Waals surface area contributed by atoms with Crippen molar-refractivity contribution in [1.82, 2.24) is 4.90 Å². The summed E-state index contributed by atoms with van der Waals surface area (Å²) in [5.74, 6) is 0.162. The van der Waals surface area contributed by atoms with Gasteiger partial charge in [0.05, 0.1) is 12.0 Å². The molecule has 9 nitrogen and oxygen atoms in total. The van der Waals surface area contributed by atoms with Gasteiger partial charge < -0.3 is 14.6 Å². The number of nitro benzene ring substituents is 1. The highest BCUT2D eigenvalue weighted by Crippen LogP contribution is 2.18. The number of ether oxygens (including phenoxy) is 2. The van der Waals surface area contributed by atoms with Gasteiger partial charge in [0.2, 0.25) is 0 Å². The van der Waals surface area contributed by atoms with Crippen LogP contribution in [0, 0.1) is 10.1 Å². The number of non-ortho nitro benzene ring substituents is 1. The molecule has 0 radical (unpaired) electrons. The molecule has 136 valence electrons. The number of hydrogen-bond acceptors (Lipinski definition) is 7. The van der Waals surface area contributed by atoms with Gasteiger partial charge in [-0.15, -0.1) is 0 Å². The molecule has 0 bridgehead atoms. The fraction of sp³-hybridized carbons (Fsp3) is 0.176. The molecule has 0 saturated carbocycles. The number of imide groups is 1. The number of aromatic hydroxyl groups is 1. The van der Waals surface area contributed by atoms with Gasteiger partial charge in [0.25, 0.3) is 5.69 Å². The second-order valence-electron chi connectivity index (χ2n) is 5.16. The van der Waals surface area contributed by atoms with E-state index >= 15 is 0 Å². The zero-order chi connectivity index (χ0) is 19.1. The van der Waals surface area contributed by atoms with Crippen molar-refractivity contribution in [3.05, 3.63) is 64.2 Å². The van der Waals surface area contributed by atoms with Crippen molar-refractivity contribution < 1.29 is 29.1 Å². The molecule has 2 rings (SSSR count). The number of carbonyl (C=O) groups is 2. The van der Waals surface area contributed by atoms with E-state index in [-0.39, 0.29) is 23.7 Å². The van der Waals surface area contributed by atoms with Crippen molar-refractivity contribution in [3.63, 3.8) is 0 Å². The van der Waals surface area contributed by atoms with E-state index in [0.29, 0.717) is 6.42 Å². The van der Waals surface area contributed by atoms with Crippen LogP contribution in [0.1, 0.15) is 5.56 Å². The molecule has 1 N–H and O–H groups in total. The Morgan fingerprint density at radius 1 is 1.08 bits per heavy atom. The first-order valence-corrected chi connectivity index (χ1v) is 7.50. The lowest BCUT2D eigenvalue weighted by Crippen LogP contribution is -2.40. The van der Waals surface area contributed by atoms with Crippen molar-refractivity contribution >= 4 is 17.9 Å². The lowest BCUT2D eigenvalue weighted by atomic mass is 10.1. The molecule has 0 aliphatic carbocycles. The summed E-state index contributed by atoms with van der Waals surface area (Å²) >= 11 is 0. The lowest BCUT2D eigenvalue weighted by Gasteiger charge is -2.18. The number of methoxy groups -OCH3 is 1. The van der Waals surface area contributed by atoms with Crippen molar-refractivity contribution in [1.29, 1.82) is 0 Å². The van der Waals surface area contributed by atoms with Crippen LogP contribution in [-0.2, 0) is 11.2 Å². The number of phenols is 1. The molecule has 0 unspecified atom stereocenters. The Kier molecular flexibility index (Phi) is 6.10. The molecule has 0 fully saturated rings. The highest BCUT2D eigenvalue weighted by atomic mass is 16.6. The standard InChI is InChI=1S/C17H16N2O7/c1-25-16(21)18(11-10-12-2-6-14(20)7-3-12)17(22)26-15-8-4-13(5-9-15)19(23)24/h2-9,20H,10-11H2,1H3. The highest BCUT2D eigenvalue weighted by molar-refractivity contribution is 5.88. The maximum absolute atomic E-state index is 12.2. The van der Waals surface area contributed by atoms with E-state index in [9.17, 15) is 24.8 Å². The topological polar surface area (TPSA) is 119 Å². The van der Waals surface area contributed by atoms with Crippen LogP contribution in [0.5, 0.6) is 11.5 Å². The number of phenolic OH excluding ortho intramolecular Hbond substituents is 1. The molecule has 2 aromatic carbocycles. The summed E-state index contributed by atoms with van der Waals surface area (Å²) < 4.78 is 9.65. The van der Waals surface area contributed by atoms with E-state index in [2.05, 4.69) is 4.74 Å². The van der Waals surface area contributed by atoms with Gasteiger partial charge in [-0.3, -0.25) is 10.1 Å². The van der Waals surface area contributed by atoms with Crippen LogP contribution in [0.15, 0.2) is 48.5 Å². The van der Waals surface area contributed by atoms with Gasteiger partial charge in [-0.05, 0) is 36.2 Å². The zero-order valence-corrected chi connectivity index (χ0v) is 13.8. The number of rotatable bonds is 5. The number of nitrogens with zero attached hydrogens (tertiary/aromatic N) is 2. The van der Waals surface area contributed by atoms with Crippen molar-refractivity contribution in [3.8, 4) is 11.5 Å². The third-order valence-electron chi connectivity index (χ3n) is 3.43. The summed E-state index contributed by atoms with van der Waals surface area (Å²) in [5, 5.41) is 19.9. The van der Waals surface area contributed by atoms with E-state index in [1.807, 2.05) is 0 Å². The molecule has 0 heterocycles. The first kappa shape index (κ1) is 18.7. The van der Waals surface area contributed by atoms with Crippen LogP contribution in [0.3, 0.4) is 0 Å². The molecule has 0 aliphatic rings. The predicted molar refractivity (Wildman–Crippen MR) is 90.0 cm³/mol. The van der Waals surface area contributed by atoms with Crippen molar-refractivity contribution in [2.24, 2.45) is 0 Å². The zero-order valence-electron chi connectivity index (χ0n) is 13.8. The van der Waals surface area contributed by atoms with Gasteiger partial charge in [0, 0.05) is 18.7 Å². The minimum Gasteiger partial charge on any atom is -0.508 e. The monoisotopic (exact) mass is 360 g/mol. The maximum Gasteiger partial charge on any atom is 0.424 e. The van der Waals surface area contributed by atoms with Gasteiger partial charge in [-0.25, -0.2) is 14.5 Å². The van der Waals surface area contributed by atoms with Crippen LogP contribution < -0.4 is 4.74 Å². The summed E-state index contributed by atoms with van der Waals surface area (Å²) in [7, 11) is 1.13. The van der Waals surface area contributed by atoms with E-state index in [1.54, 1.807) is 12.1 Å². The van der Waals surface area contributed by atoms with E-state index < -0.39 is 17.1 Å². The summed E-state index contributed by atoms with van der Waals surface area (Å²) in [6.45, 7) is -0.0107. The average Bonchev–Trinajstić information content (AvgIpc) is 2.63. The van der Waals surface area contributed by atoms with E-state index in [4.69, 9.17) is 4.74 Å². The number of benzene rings is 2. The van der Waals surface area contributed by atoms with E-state index in [1.165, 1.54) is 36.4 Å². The number of nitro groups is 1. The largest absolute Gasteiger partial charge is 0.508 e. The third kappa shape index (κ3) is 4.94. The molecule has 26 heavy (non-hydrogen) atoms. The van der Waals surface area contributed by atoms with Crippen molar-refractivity contribution in [2.45, 2.75) is 6.42 Å². The molecule has 9 heteroatoms. The minimum absolute atomic E-state index is 0.0107. The second kappa shape index (κ2) is 8.47. The van der Waals surface area contributed by atoms with Gasteiger partial charge in [-0.2, -0.15) is 0 Å². The second-order valence-corrected chi connectivity index (χ2v) is 5.16. The van der Waals surface area contributed by atoms with Crippen molar-refractivity contribution in [2.75, 3.05) is 13.7 Å². The Morgan fingerprint density at radius 2 is 1.69 bits per heavy atom. The molecule has 0 aliphatic heterocycles. The summed E-state index contributed by atoms with van der Waals surface area (Å²) in [6.07, 6.45) is -1.54. The number of amides is 2. The lowest BCUT2D eigenvalue weighted by molar-refractivity contribution is -0.384. The summed E-state index contributed by atoms with van der Waals surface area (Å²) in [5.41, 5.74) is 0.641. The molecule has 0 atom stereocenters. The van der Waals surface area contributed by atoms with Gasteiger partial charge >= 0.3 is 12.2 Å². The van der Waals surface area contributed by atoms with Crippen LogP contribution in [-0.4, -0.2) is 40.8 Å². The normalized spacial score (nSPS) is 10.0. The molecular formula is C17H16N2O7. The number of carbonyl (C=O) groups excluding carboxylic acids is 2. The Bertz CT molecular complexity index is 788.